The molecule has 0 aliphatic rings. The van der Waals surface area contributed by atoms with Gasteiger partial charge in [0.05, 0.1) is 29.4 Å². The van der Waals surface area contributed by atoms with Gasteiger partial charge >= 0.3 is 0 Å². The second kappa shape index (κ2) is 7.26. The molecule has 0 unspecified atom stereocenters. The highest BCUT2D eigenvalue weighted by Crippen LogP contribution is 2.24. The van der Waals surface area contributed by atoms with Gasteiger partial charge in [-0.2, -0.15) is 5.26 Å². The maximum atomic E-state index is 8.92. The third-order valence-electron chi connectivity index (χ3n) is 4.05. The number of hydrogen-bond acceptors (Lipinski definition) is 5. The van der Waals surface area contributed by atoms with Crippen LogP contribution in [0.15, 0.2) is 59.2 Å². The van der Waals surface area contributed by atoms with Gasteiger partial charge in [-0.05, 0) is 56.2 Å². The zero-order valence-corrected chi connectivity index (χ0v) is 16.3. The van der Waals surface area contributed by atoms with Gasteiger partial charge in [0, 0.05) is 10.7 Å². The molecule has 0 aliphatic carbocycles. The molecule has 9 heteroatoms. The molecule has 2 aromatic heterocycles. The largest absolute Gasteiger partial charge is 0.299 e. The van der Waals surface area contributed by atoms with Gasteiger partial charge in [-0.1, -0.05) is 36.5 Å². The van der Waals surface area contributed by atoms with E-state index in [1.165, 1.54) is 0 Å². The Morgan fingerprint density at radius 3 is 2.67 bits per heavy atom. The Balaban J connectivity index is 1.70. The van der Waals surface area contributed by atoms with Crippen molar-refractivity contribution < 1.29 is 0 Å². The first-order valence-electron chi connectivity index (χ1n) is 7.98. The summed E-state index contributed by atoms with van der Waals surface area (Å²) in [6.45, 7) is 0.475. The Bertz CT molecular complexity index is 1200. The van der Waals surface area contributed by atoms with Crippen LogP contribution in [0.25, 0.3) is 17.1 Å². The number of rotatable bonds is 4. The molecule has 4 rings (SSSR count). The standard InChI is InChI=1S/C18H12BrN7S/c19-15-3-1-2-4-16(15)26-18(27)14(10-21-26)17-22-23-24-25(17)11-13-7-5-12(9-20)6-8-13/h1-8,10,21H,11H2. The van der Waals surface area contributed by atoms with Gasteiger partial charge in [-0.25, -0.2) is 9.36 Å². The molecule has 0 saturated carbocycles. The Kier molecular flexibility index (Phi) is 4.66. The predicted molar refractivity (Wildman–Crippen MR) is 106 cm³/mol. The molecular weight excluding hydrogens is 426 g/mol. The van der Waals surface area contributed by atoms with Crippen LogP contribution in [0.4, 0.5) is 0 Å². The molecule has 2 aromatic carbocycles. The van der Waals surface area contributed by atoms with Gasteiger partial charge in [0.1, 0.15) is 4.64 Å². The Morgan fingerprint density at radius 2 is 1.93 bits per heavy atom. The first kappa shape index (κ1) is 17.3. The van der Waals surface area contributed by atoms with E-state index in [-0.39, 0.29) is 0 Å². The van der Waals surface area contributed by atoms with Crippen molar-refractivity contribution in [2.24, 2.45) is 0 Å². The summed E-state index contributed by atoms with van der Waals surface area (Å²) >= 11 is 9.18. The molecule has 0 atom stereocenters. The molecule has 0 amide bonds. The molecule has 1 N–H and O–H groups in total. The van der Waals surface area contributed by atoms with Crippen LogP contribution in [0.5, 0.6) is 0 Å². The fourth-order valence-corrected chi connectivity index (χ4v) is 3.47. The smallest absolute Gasteiger partial charge is 0.186 e. The van der Waals surface area contributed by atoms with Gasteiger partial charge in [-0.3, -0.25) is 5.10 Å². The first-order chi connectivity index (χ1) is 13.2. The predicted octanol–water partition coefficient (Wildman–Crippen LogP) is 3.87. The Labute approximate surface area is 168 Å². The minimum atomic E-state index is 0.475. The summed E-state index contributed by atoms with van der Waals surface area (Å²) in [6, 6.07) is 17.2. The SMILES string of the molecule is N#Cc1ccc(Cn2nnnc2-c2c[nH]n(-c3ccccc3Br)c2=S)cc1. The highest BCUT2D eigenvalue weighted by Gasteiger charge is 2.15. The van der Waals surface area contributed by atoms with Crippen molar-refractivity contribution >= 4 is 28.1 Å². The van der Waals surface area contributed by atoms with Crippen LogP contribution in [-0.2, 0) is 6.54 Å². The fraction of sp³-hybridized carbons (Fsp3) is 0.0556. The molecule has 7 nitrogen and oxygen atoms in total. The normalized spacial score (nSPS) is 10.7. The van der Waals surface area contributed by atoms with E-state index < -0.39 is 0 Å². The van der Waals surface area contributed by atoms with Crippen molar-refractivity contribution in [2.45, 2.75) is 6.54 Å². The van der Waals surface area contributed by atoms with Crippen LogP contribution < -0.4 is 0 Å². The van der Waals surface area contributed by atoms with Gasteiger partial charge < -0.3 is 0 Å². The molecule has 2 heterocycles. The minimum Gasteiger partial charge on any atom is -0.299 e. The van der Waals surface area contributed by atoms with Crippen LogP contribution in [0.3, 0.4) is 0 Å². The summed E-state index contributed by atoms with van der Waals surface area (Å²) in [4.78, 5) is 0. The van der Waals surface area contributed by atoms with E-state index in [4.69, 9.17) is 17.5 Å². The number of halogens is 1. The Hall–Kier alpha value is -3.09. The van der Waals surface area contributed by atoms with Crippen LogP contribution in [0, 0.1) is 16.0 Å². The molecule has 0 saturated heterocycles. The lowest BCUT2D eigenvalue weighted by Gasteiger charge is -2.05. The lowest BCUT2D eigenvalue weighted by molar-refractivity contribution is 0.653. The third-order valence-corrected chi connectivity index (χ3v) is 5.13. The number of para-hydroxylation sites is 1. The molecule has 27 heavy (non-hydrogen) atoms. The molecular formula is C18H12BrN7S. The van der Waals surface area contributed by atoms with Gasteiger partial charge in [0.2, 0.25) is 0 Å². The molecule has 0 fully saturated rings. The fourth-order valence-electron chi connectivity index (χ4n) is 2.70. The second-order valence-electron chi connectivity index (χ2n) is 5.75. The number of aromatic nitrogens is 6. The average Bonchev–Trinajstić information content (AvgIpc) is 3.29. The third kappa shape index (κ3) is 3.32. The number of nitrogens with one attached hydrogen (secondary N) is 1. The number of H-pyrrole nitrogens is 1. The van der Waals surface area contributed by atoms with E-state index in [2.05, 4.69) is 42.6 Å². The van der Waals surface area contributed by atoms with E-state index in [1.807, 2.05) is 36.4 Å². The van der Waals surface area contributed by atoms with E-state index >= 15 is 0 Å². The summed E-state index contributed by atoms with van der Waals surface area (Å²) in [5, 5.41) is 24.1. The summed E-state index contributed by atoms with van der Waals surface area (Å²) in [5.74, 6) is 0.575. The molecule has 0 bridgehead atoms. The minimum absolute atomic E-state index is 0.475. The maximum absolute atomic E-state index is 8.92. The summed E-state index contributed by atoms with van der Waals surface area (Å²) in [5.41, 5.74) is 3.24. The van der Waals surface area contributed by atoms with Crippen LogP contribution in [-0.4, -0.2) is 30.0 Å². The molecule has 0 spiro atoms. The molecule has 132 valence electrons. The van der Waals surface area contributed by atoms with E-state index in [1.54, 1.807) is 27.7 Å². The van der Waals surface area contributed by atoms with Crippen LogP contribution in [0.2, 0.25) is 0 Å². The van der Waals surface area contributed by atoms with Crippen molar-refractivity contribution in [3.05, 3.63) is 75.0 Å². The van der Waals surface area contributed by atoms with Crippen molar-refractivity contribution in [1.29, 1.82) is 5.26 Å². The topological polar surface area (TPSA) is 88.1 Å². The molecule has 0 radical (unpaired) electrons. The summed E-state index contributed by atoms with van der Waals surface area (Å²) in [7, 11) is 0. The van der Waals surface area contributed by atoms with Crippen molar-refractivity contribution in [3.8, 4) is 23.1 Å². The maximum Gasteiger partial charge on any atom is 0.186 e. The first-order valence-corrected chi connectivity index (χ1v) is 9.18. The zero-order valence-electron chi connectivity index (χ0n) is 13.9. The van der Waals surface area contributed by atoms with E-state index in [9.17, 15) is 0 Å². The number of hydrogen-bond donors (Lipinski definition) is 1. The monoisotopic (exact) mass is 437 g/mol. The molecule has 0 aliphatic heterocycles. The quantitative estimate of drug-likeness (QED) is 0.489. The average molecular weight is 438 g/mol. The number of nitriles is 1. The summed E-state index contributed by atoms with van der Waals surface area (Å²) < 4.78 is 4.99. The van der Waals surface area contributed by atoms with Crippen LogP contribution in [0.1, 0.15) is 11.1 Å². The van der Waals surface area contributed by atoms with Gasteiger partial charge in [0.15, 0.2) is 5.82 Å². The number of aromatic amines is 1. The number of nitrogens with zero attached hydrogens (tertiary/aromatic N) is 6. The lowest BCUT2D eigenvalue weighted by Crippen LogP contribution is -2.04. The van der Waals surface area contributed by atoms with Crippen molar-refractivity contribution in [2.75, 3.05) is 0 Å². The van der Waals surface area contributed by atoms with E-state index in [0.29, 0.717) is 22.6 Å². The summed E-state index contributed by atoms with van der Waals surface area (Å²) in [6.07, 6.45) is 1.79. The molecule has 4 aromatic rings. The number of tetrazole rings is 1. The second-order valence-corrected chi connectivity index (χ2v) is 6.99. The zero-order chi connectivity index (χ0) is 18.8. The Morgan fingerprint density at radius 1 is 1.15 bits per heavy atom. The number of benzene rings is 2. The van der Waals surface area contributed by atoms with Gasteiger partial charge in [-0.15, -0.1) is 5.10 Å². The van der Waals surface area contributed by atoms with Crippen LogP contribution >= 0.6 is 28.1 Å². The van der Waals surface area contributed by atoms with Crippen molar-refractivity contribution in [3.63, 3.8) is 0 Å². The highest BCUT2D eigenvalue weighted by molar-refractivity contribution is 9.10. The lowest BCUT2D eigenvalue weighted by atomic mass is 10.1. The van der Waals surface area contributed by atoms with Gasteiger partial charge in [0.25, 0.3) is 0 Å². The van der Waals surface area contributed by atoms with Crippen molar-refractivity contribution in [1.82, 2.24) is 30.0 Å². The highest BCUT2D eigenvalue weighted by atomic mass is 79.9. The van der Waals surface area contributed by atoms with E-state index in [0.717, 1.165) is 21.3 Å².